The number of carboxylic acids is 1. The first-order valence-corrected chi connectivity index (χ1v) is 6.67. The van der Waals surface area contributed by atoms with Crippen LogP contribution in [0.15, 0.2) is 18.2 Å². The molecular formula is C15H19F2NO3. The third-order valence-corrected chi connectivity index (χ3v) is 3.35. The Morgan fingerprint density at radius 1 is 1.24 bits per heavy atom. The van der Waals surface area contributed by atoms with E-state index >= 15 is 0 Å². The van der Waals surface area contributed by atoms with Gasteiger partial charge >= 0.3 is 5.97 Å². The summed E-state index contributed by atoms with van der Waals surface area (Å²) in [5.41, 5.74) is 6.02. The lowest BCUT2D eigenvalue weighted by atomic mass is 9.89. The van der Waals surface area contributed by atoms with Gasteiger partial charge in [-0.2, -0.15) is 0 Å². The van der Waals surface area contributed by atoms with Crippen LogP contribution in [0.25, 0.3) is 0 Å². The van der Waals surface area contributed by atoms with Gasteiger partial charge in [0.1, 0.15) is 0 Å². The second-order valence-corrected chi connectivity index (χ2v) is 5.43. The van der Waals surface area contributed by atoms with Crippen LogP contribution in [0.3, 0.4) is 0 Å². The molecule has 0 bridgehead atoms. The number of nitrogens with two attached hydrogens (primary N) is 1. The fraction of sp³-hybridized carbons (Fsp3) is 0.467. The summed E-state index contributed by atoms with van der Waals surface area (Å²) in [5, 5.41) is 9.17. The Morgan fingerprint density at radius 3 is 2.33 bits per heavy atom. The molecule has 4 nitrogen and oxygen atoms in total. The number of halogens is 2. The first kappa shape index (κ1) is 17.2. The standard InChI is InChI=1S/C15H19F2NO3/c1-8(2)14(18)13(19)7-10(15(20)21)5-9-3-4-11(16)12(17)6-9/h3-4,6,8,10,14H,5,7,18H2,1-2H3,(H,20,21)/t10?,14-/m0/s1. The van der Waals surface area contributed by atoms with E-state index in [2.05, 4.69) is 0 Å². The molecular weight excluding hydrogens is 280 g/mol. The molecule has 1 unspecified atom stereocenters. The number of aliphatic carboxylic acids is 1. The highest BCUT2D eigenvalue weighted by Gasteiger charge is 2.26. The second-order valence-electron chi connectivity index (χ2n) is 5.43. The summed E-state index contributed by atoms with van der Waals surface area (Å²) < 4.78 is 26.0. The summed E-state index contributed by atoms with van der Waals surface area (Å²) in [4.78, 5) is 23.1. The Morgan fingerprint density at radius 2 is 1.86 bits per heavy atom. The summed E-state index contributed by atoms with van der Waals surface area (Å²) in [5.74, 6) is -4.64. The van der Waals surface area contributed by atoms with Crippen molar-refractivity contribution >= 4 is 11.8 Å². The van der Waals surface area contributed by atoms with E-state index in [-0.39, 0.29) is 24.5 Å². The maximum absolute atomic E-state index is 13.1. The SMILES string of the molecule is CC(C)[C@H](N)C(=O)CC(Cc1ccc(F)c(F)c1)C(=O)O. The lowest BCUT2D eigenvalue weighted by Crippen LogP contribution is -2.37. The highest BCUT2D eigenvalue weighted by molar-refractivity contribution is 5.87. The van der Waals surface area contributed by atoms with Crippen molar-refractivity contribution in [3.05, 3.63) is 35.4 Å². The van der Waals surface area contributed by atoms with E-state index in [1.807, 2.05) is 0 Å². The maximum atomic E-state index is 13.1. The molecule has 0 saturated heterocycles. The average Bonchev–Trinajstić information content (AvgIpc) is 2.40. The number of carbonyl (C=O) groups is 2. The van der Waals surface area contributed by atoms with Crippen LogP contribution in [0.2, 0.25) is 0 Å². The summed E-state index contributed by atoms with van der Waals surface area (Å²) in [6.45, 7) is 3.54. The number of hydrogen-bond donors (Lipinski definition) is 2. The molecule has 0 spiro atoms. The molecule has 21 heavy (non-hydrogen) atoms. The third-order valence-electron chi connectivity index (χ3n) is 3.35. The number of carboxylic acid groups (broad SMARTS) is 1. The largest absolute Gasteiger partial charge is 0.481 e. The number of carbonyl (C=O) groups excluding carboxylic acids is 1. The van der Waals surface area contributed by atoms with Gasteiger partial charge in [0, 0.05) is 6.42 Å². The zero-order chi connectivity index (χ0) is 16.2. The van der Waals surface area contributed by atoms with Crippen LogP contribution in [-0.2, 0) is 16.0 Å². The van der Waals surface area contributed by atoms with E-state index in [0.717, 1.165) is 12.1 Å². The summed E-state index contributed by atoms with van der Waals surface area (Å²) >= 11 is 0. The summed E-state index contributed by atoms with van der Waals surface area (Å²) in [6, 6.07) is 2.46. The van der Waals surface area contributed by atoms with Gasteiger partial charge in [-0.15, -0.1) is 0 Å². The number of hydrogen-bond acceptors (Lipinski definition) is 3. The molecule has 0 aliphatic carbocycles. The van der Waals surface area contributed by atoms with Gasteiger partial charge in [0.2, 0.25) is 0 Å². The number of rotatable bonds is 7. The van der Waals surface area contributed by atoms with Gasteiger partial charge in [0.15, 0.2) is 17.4 Å². The molecule has 1 aromatic carbocycles. The number of ketones is 1. The Balaban J connectivity index is 2.81. The van der Waals surface area contributed by atoms with E-state index in [1.54, 1.807) is 13.8 Å². The lowest BCUT2D eigenvalue weighted by Gasteiger charge is -2.17. The van der Waals surface area contributed by atoms with Crippen molar-refractivity contribution in [2.75, 3.05) is 0 Å². The predicted molar refractivity (Wildman–Crippen MR) is 73.6 cm³/mol. The average molecular weight is 299 g/mol. The Labute approximate surface area is 122 Å². The van der Waals surface area contributed by atoms with Crippen LogP contribution >= 0.6 is 0 Å². The molecule has 116 valence electrons. The molecule has 0 saturated carbocycles. The number of Topliss-reactive ketones (excluding diaryl/α,β-unsaturated/α-hetero) is 1. The van der Waals surface area contributed by atoms with E-state index in [9.17, 15) is 18.4 Å². The van der Waals surface area contributed by atoms with E-state index in [0.29, 0.717) is 5.56 Å². The minimum atomic E-state index is -1.16. The lowest BCUT2D eigenvalue weighted by molar-refractivity contribution is -0.144. The topological polar surface area (TPSA) is 80.4 Å². The monoisotopic (exact) mass is 299 g/mol. The molecule has 2 atom stereocenters. The Bertz CT molecular complexity index is 532. The Hall–Kier alpha value is -1.82. The molecule has 0 aliphatic heterocycles. The van der Waals surface area contributed by atoms with Crippen molar-refractivity contribution in [3.63, 3.8) is 0 Å². The summed E-state index contributed by atoms with van der Waals surface area (Å²) in [6.07, 6.45) is -0.281. The van der Waals surface area contributed by atoms with Gasteiger partial charge in [0.25, 0.3) is 0 Å². The number of benzene rings is 1. The fourth-order valence-electron chi connectivity index (χ4n) is 1.95. The molecule has 6 heteroatoms. The Kier molecular flexibility index (Phi) is 5.96. The molecule has 0 radical (unpaired) electrons. The van der Waals surface area contributed by atoms with Crippen LogP contribution in [0.1, 0.15) is 25.8 Å². The molecule has 0 heterocycles. The van der Waals surface area contributed by atoms with E-state index < -0.39 is 29.6 Å². The normalized spacial score (nSPS) is 14.0. The molecule has 0 aromatic heterocycles. The molecule has 3 N–H and O–H groups in total. The molecule has 0 fully saturated rings. The zero-order valence-electron chi connectivity index (χ0n) is 12.0. The van der Waals surface area contributed by atoms with Crippen molar-refractivity contribution in [2.45, 2.75) is 32.7 Å². The van der Waals surface area contributed by atoms with Crippen LogP contribution < -0.4 is 5.73 Å². The molecule has 1 aromatic rings. The van der Waals surface area contributed by atoms with Crippen molar-refractivity contribution in [2.24, 2.45) is 17.6 Å². The molecule has 0 aliphatic rings. The first-order chi connectivity index (χ1) is 9.72. The van der Waals surface area contributed by atoms with Crippen LogP contribution in [0.5, 0.6) is 0 Å². The van der Waals surface area contributed by atoms with Crippen LogP contribution in [0, 0.1) is 23.5 Å². The first-order valence-electron chi connectivity index (χ1n) is 6.67. The van der Waals surface area contributed by atoms with E-state index in [1.165, 1.54) is 6.07 Å². The highest BCUT2D eigenvalue weighted by Crippen LogP contribution is 2.17. The van der Waals surface area contributed by atoms with Crippen molar-refractivity contribution in [3.8, 4) is 0 Å². The molecule has 0 amide bonds. The zero-order valence-corrected chi connectivity index (χ0v) is 12.0. The second kappa shape index (κ2) is 7.26. The van der Waals surface area contributed by atoms with Gasteiger partial charge in [-0.25, -0.2) is 8.78 Å². The van der Waals surface area contributed by atoms with Crippen LogP contribution in [0.4, 0.5) is 8.78 Å². The van der Waals surface area contributed by atoms with Gasteiger partial charge in [-0.05, 0) is 30.0 Å². The minimum Gasteiger partial charge on any atom is -0.481 e. The smallest absolute Gasteiger partial charge is 0.307 e. The fourth-order valence-corrected chi connectivity index (χ4v) is 1.95. The van der Waals surface area contributed by atoms with Crippen LogP contribution in [-0.4, -0.2) is 22.9 Å². The maximum Gasteiger partial charge on any atom is 0.307 e. The van der Waals surface area contributed by atoms with Crippen molar-refractivity contribution in [1.82, 2.24) is 0 Å². The van der Waals surface area contributed by atoms with Gasteiger partial charge in [-0.1, -0.05) is 19.9 Å². The highest BCUT2D eigenvalue weighted by atomic mass is 19.2. The van der Waals surface area contributed by atoms with Crippen molar-refractivity contribution < 1.29 is 23.5 Å². The minimum absolute atomic E-state index is 0.0525. The predicted octanol–water partition coefficient (Wildman–Crippen LogP) is 2.15. The van der Waals surface area contributed by atoms with Gasteiger partial charge in [0.05, 0.1) is 12.0 Å². The third kappa shape index (κ3) is 4.90. The van der Waals surface area contributed by atoms with E-state index in [4.69, 9.17) is 10.8 Å². The quantitative estimate of drug-likeness (QED) is 0.808. The van der Waals surface area contributed by atoms with Crippen molar-refractivity contribution in [1.29, 1.82) is 0 Å². The summed E-state index contributed by atoms with van der Waals surface area (Å²) in [7, 11) is 0. The van der Waals surface area contributed by atoms with Gasteiger partial charge in [-0.3, -0.25) is 9.59 Å². The van der Waals surface area contributed by atoms with Gasteiger partial charge < -0.3 is 10.8 Å². The molecule has 1 rings (SSSR count).